The van der Waals surface area contributed by atoms with Gasteiger partial charge in [0.25, 0.3) is 5.91 Å². The van der Waals surface area contributed by atoms with Gasteiger partial charge in [-0.05, 0) is 26.0 Å². The number of ether oxygens (including phenoxy) is 2. The number of aryl methyl sites for hydroxylation is 2. The smallest absolute Gasteiger partial charge is 0.387 e. The lowest BCUT2D eigenvalue weighted by Crippen LogP contribution is -2.22. The van der Waals surface area contributed by atoms with Gasteiger partial charge < -0.3 is 14.8 Å². The molecule has 9 heteroatoms. The fourth-order valence-electron chi connectivity index (χ4n) is 2.17. The first kappa shape index (κ1) is 18.4. The van der Waals surface area contributed by atoms with Crippen molar-refractivity contribution < 1.29 is 27.8 Å². The summed E-state index contributed by atoms with van der Waals surface area (Å²) in [5, 5.41) is 6.75. The molecular formula is C16H17F2N3O4. The van der Waals surface area contributed by atoms with Crippen LogP contribution in [-0.2, 0) is 16.6 Å². The highest BCUT2D eigenvalue weighted by molar-refractivity contribution is 5.97. The number of alkyl halides is 2. The first-order chi connectivity index (χ1) is 11.8. The average Bonchev–Trinajstić information content (AvgIpc) is 2.79. The molecule has 1 aromatic carbocycles. The Labute approximate surface area is 142 Å². The maximum Gasteiger partial charge on any atom is 0.387 e. The van der Waals surface area contributed by atoms with E-state index >= 15 is 0 Å². The third kappa shape index (κ3) is 4.52. The topological polar surface area (TPSA) is 82.5 Å². The van der Waals surface area contributed by atoms with E-state index in [4.69, 9.17) is 4.74 Å². The number of para-hydroxylation sites is 1. The minimum atomic E-state index is -3.08. The fourth-order valence-corrected chi connectivity index (χ4v) is 2.17. The molecule has 0 unspecified atom stereocenters. The molecule has 0 atom stereocenters. The van der Waals surface area contributed by atoms with Crippen molar-refractivity contribution in [1.29, 1.82) is 0 Å². The van der Waals surface area contributed by atoms with Crippen LogP contribution in [0.1, 0.15) is 21.7 Å². The van der Waals surface area contributed by atoms with Crippen LogP contribution in [0.25, 0.3) is 0 Å². The molecule has 7 nitrogen and oxygen atoms in total. The Bertz CT molecular complexity index is 790. The van der Waals surface area contributed by atoms with Gasteiger partial charge in [-0.15, -0.1) is 0 Å². The van der Waals surface area contributed by atoms with Gasteiger partial charge in [0.15, 0.2) is 6.61 Å². The van der Waals surface area contributed by atoms with Crippen LogP contribution in [0, 0.1) is 13.8 Å². The van der Waals surface area contributed by atoms with Crippen molar-refractivity contribution in [3.8, 4) is 5.75 Å². The molecule has 0 saturated carbocycles. The molecule has 25 heavy (non-hydrogen) atoms. The summed E-state index contributed by atoms with van der Waals surface area (Å²) < 4.78 is 35.4. The molecule has 134 valence electrons. The van der Waals surface area contributed by atoms with E-state index in [0.717, 1.165) is 5.69 Å². The quantitative estimate of drug-likeness (QED) is 0.807. The number of esters is 1. The summed E-state index contributed by atoms with van der Waals surface area (Å²) in [5.74, 6) is -1.83. The number of halogens is 2. The van der Waals surface area contributed by atoms with E-state index in [9.17, 15) is 18.4 Å². The van der Waals surface area contributed by atoms with Crippen molar-refractivity contribution in [3.05, 3.63) is 41.2 Å². The molecule has 1 N–H and O–H groups in total. The van der Waals surface area contributed by atoms with Gasteiger partial charge >= 0.3 is 12.6 Å². The van der Waals surface area contributed by atoms with Crippen LogP contribution in [0.4, 0.5) is 14.5 Å². The largest absolute Gasteiger partial charge is 0.452 e. The molecule has 0 spiro atoms. The predicted molar refractivity (Wildman–Crippen MR) is 84.7 cm³/mol. The second-order valence-electron chi connectivity index (χ2n) is 5.17. The summed E-state index contributed by atoms with van der Waals surface area (Å²) in [6, 6.07) is 5.39. The number of anilines is 1. The molecule has 1 aromatic heterocycles. The Hall–Kier alpha value is -2.97. The second kappa shape index (κ2) is 7.73. The molecule has 1 amide bonds. The molecule has 0 fully saturated rings. The van der Waals surface area contributed by atoms with E-state index in [1.54, 1.807) is 25.6 Å². The summed E-state index contributed by atoms with van der Waals surface area (Å²) in [7, 11) is 1.73. The number of amides is 1. The highest BCUT2D eigenvalue weighted by atomic mass is 19.3. The minimum Gasteiger partial charge on any atom is -0.452 e. The monoisotopic (exact) mass is 353 g/mol. The molecule has 0 aliphatic carbocycles. The third-order valence-corrected chi connectivity index (χ3v) is 3.43. The zero-order chi connectivity index (χ0) is 18.6. The summed E-state index contributed by atoms with van der Waals surface area (Å²) >= 11 is 0. The first-order valence-corrected chi connectivity index (χ1v) is 7.30. The molecule has 0 radical (unpaired) electrons. The molecule has 2 aromatic rings. The normalized spacial score (nSPS) is 10.6. The molecular weight excluding hydrogens is 336 g/mol. The molecule has 1 heterocycles. The van der Waals surface area contributed by atoms with E-state index in [0.29, 0.717) is 11.4 Å². The maximum absolute atomic E-state index is 12.4. The van der Waals surface area contributed by atoms with Gasteiger partial charge in [-0.2, -0.15) is 13.9 Å². The number of benzene rings is 1. The Morgan fingerprint density at radius 2 is 1.96 bits per heavy atom. The zero-order valence-corrected chi connectivity index (χ0v) is 13.9. The second-order valence-corrected chi connectivity index (χ2v) is 5.17. The van der Waals surface area contributed by atoms with Crippen LogP contribution in [0.2, 0.25) is 0 Å². The van der Waals surface area contributed by atoms with Crippen LogP contribution in [0.5, 0.6) is 5.75 Å². The first-order valence-electron chi connectivity index (χ1n) is 7.30. The van der Waals surface area contributed by atoms with Gasteiger partial charge in [0.1, 0.15) is 11.3 Å². The minimum absolute atomic E-state index is 0.190. The highest BCUT2D eigenvalue weighted by Crippen LogP contribution is 2.21. The number of carbonyl (C=O) groups excluding carboxylic acids is 2. The predicted octanol–water partition coefficient (Wildman–Crippen LogP) is 2.43. The van der Waals surface area contributed by atoms with Crippen LogP contribution in [0.15, 0.2) is 24.3 Å². The van der Waals surface area contributed by atoms with Crippen LogP contribution < -0.4 is 10.1 Å². The third-order valence-electron chi connectivity index (χ3n) is 3.43. The van der Waals surface area contributed by atoms with Crippen molar-refractivity contribution in [2.75, 3.05) is 11.9 Å². The Morgan fingerprint density at radius 3 is 2.56 bits per heavy atom. The number of hydrogen-bond donors (Lipinski definition) is 1. The van der Waals surface area contributed by atoms with Crippen molar-refractivity contribution in [3.63, 3.8) is 0 Å². The van der Waals surface area contributed by atoms with Gasteiger partial charge in [0, 0.05) is 7.05 Å². The molecule has 0 aliphatic rings. The van der Waals surface area contributed by atoms with Gasteiger partial charge in [-0.1, -0.05) is 12.1 Å². The van der Waals surface area contributed by atoms with Crippen molar-refractivity contribution in [1.82, 2.24) is 9.78 Å². The fraction of sp³-hybridized carbons (Fsp3) is 0.312. The standard InChI is InChI=1S/C16H17F2N3O4/c1-9-14(10(2)21(3)20-9)19-13(22)8-24-15(23)11-6-4-5-7-12(11)25-16(17)18/h4-7,16H,8H2,1-3H3,(H,19,22). The van der Waals surface area contributed by atoms with E-state index in [1.807, 2.05) is 0 Å². The van der Waals surface area contributed by atoms with E-state index in [2.05, 4.69) is 15.2 Å². The molecule has 0 bridgehead atoms. The molecule has 0 aliphatic heterocycles. The maximum atomic E-state index is 12.4. The Morgan fingerprint density at radius 1 is 1.28 bits per heavy atom. The molecule has 2 rings (SSSR count). The zero-order valence-electron chi connectivity index (χ0n) is 13.9. The summed E-state index contributed by atoms with van der Waals surface area (Å²) in [6.45, 7) is -0.143. The van der Waals surface area contributed by atoms with Gasteiger partial charge in [-0.3, -0.25) is 9.48 Å². The van der Waals surface area contributed by atoms with Gasteiger partial charge in [0.05, 0.1) is 17.1 Å². The lowest BCUT2D eigenvalue weighted by molar-refractivity contribution is -0.119. The van der Waals surface area contributed by atoms with Gasteiger partial charge in [0.2, 0.25) is 0 Å². The number of nitrogens with zero attached hydrogens (tertiary/aromatic N) is 2. The van der Waals surface area contributed by atoms with Gasteiger partial charge in [-0.25, -0.2) is 4.79 Å². The summed E-state index contributed by atoms with van der Waals surface area (Å²) in [4.78, 5) is 23.9. The molecule has 0 saturated heterocycles. The van der Waals surface area contributed by atoms with E-state index < -0.39 is 25.1 Å². The number of aromatic nitrogens is 2. The van der Waals surface area contributed by atoms with Crippen molar-refractivity contribution in [2.45, 2.75) is 20.5 Å². The average molecular weight is 353 g/mol. The van der Waals surface area contributed by atoms with Crippen LogP contribution in [-0.4, -0.2) is 34.9 Å². The lowest BCUT2D eigenvalue weighted by atomic mass is 10.2. The SMILES string of the molecule is Cc1nn(C)c(C)c1NC(=O)COC(=O)c1ccccc1OC(F)F. The Balaban J connectivity index is 1.99. The number of nitrogens with one attached hydrogen (secondary N) is 1. The number of rotatable bonds is 6. The van der Waals surface area contributed by atoms with Crippen molar-refractivity contribution >= 4 is 17.6 Å². The lowest BCUT2D eigenvalue weighted by Gasteiger charge is -2.10. The highest BCUT2D eigenvalue weighted by Gasteiger charge is 2.18. The van der Waals surface area contributed by atoms with Crippen LogP contribution in [0.3, 0.4) is 0 Å². The Kier molecular flexibility index (Phi) is 5.68. The summed E-state index contributed by atoms with van der Waals surface area (Å²) in [5.41, 5.74) is 1.71. The van der Waals surface area contributed by atoms with Crippen LogP contribution >= 0.6 is 0 Å². The van der Waals surface area contributed by atoms with Crippen molar-refractivity contribution in [2.24, 2.45) is 7.05 Å². The van der Waals surface area contributed by atoms with E-state index in [-0.39, 0.29) is 11.3 Å². The van der Waals surface area contributed by atoms with E-state index in [1.165, 1.54) is 24.3 Å². The number of hydrogen-bond acceptors (Lipinski definition) is 5. The number of carbonyl (C=O) groups is 2. The summed E-state index contributed by atoms with van der Waals surface area (Å²) in [6.07, 6.45) is 0.